The minimum Gasteiger partial charge on any atom is -0.439 e. The molecule has 1 saturated heterocycles. The van der Waals surface area contributed by atoms with Crippen LogP contribution in [0.5, 0.6) is 0 Å². The second-order valence-corrected chi connectivity index (χ2v) is 7.31. The predicted octanol–water partition coefficient (Wildman–Crippen LogP) is 3.87. The van der Waals surface area contributed by atoms with Crippen molar-refractivity contribution in [1.82, 2.24) is 0 Å². The maximum atomic E-state index is 12.6. The molecule has 1 fully saturated rings. The smallest absolute Gasteiger partial charge is 0.248 e. The quantitative estimate of drug-likeness (QED) is 0.678. The summed E-state index contributed by atoms with van der Waals surface area (Å²) in [7, 11) is 0. The maximum Gasteiger partial charge on any atom is 0.248 e. The summed E-state index contributed by atoms with van der Waals surface area (Å²) >= 11 is 1.37. The van der Waals surface area contributed by atoms with E-state index in [4.69, 9.17) is 9.15 Å². The van der Waals surface area contributed by atoms with Gasteiger partial charge in [-0.05, 0) is 30.7 Å². The van der Waals surface area contributed by atoms with Crippen molar-refractivity contribution in [3.8, 4) is 11.1 Å². The molecule has 28 heavy (non-hydrogen) atoms. The summed E-state index contributed by atoms with van der Waals surface area (Å²) < 4.78 is 12.1. The molecule has 0 saturated carbocycles. The van der Waals surface area contributed by atoms with Crippen LogP contribution in [-0.4, -0.2) is 32.2 Å². The van der Waals surface area contributed by atoms with Gasteiger partial charge in [-0.2, -0.15) is 0 Å². The number of hydrogen-bond donors (Lipinski definition) is 1. The molecule has 0 bridgehead atoms. The van der Waals surface area contributed by atoms with Gasteiger partial charge < -0.3 is 19.4 Å². The Morgan fingerprint density at radius 2 is 2.07 bits per heavy atom. The lowest BCUT2D eigenvalue weighted by atomic mass is 10.1. The monoisotopic (exact) mass is 396 g/mol. The highest BCUT2D eigenvalue weighted by molar-refractivity contribution is 7.17. The summed E-state index contributed by atoms with van der Waals surface area (Å²) in [6.07, 6.45) is 3.16. The molecule has 2 aromatic heterocycles. The number of benzene rings is 1. The summed E-state index contributed by atoms with van der Waals surface area (Å²) in [6.45, 7) is 4.42. The molecule has 0 spiro atoms. The van der Waals surface area contributed by atoms with E-state index in [2.05, 4.69) is 5.32 Å². The first-order valence-electron chi connectivity index (χ1n) is 9.08. The van der Waals surface area contributed by atoms with Crippen LogP contribution < -0.4 is 15.6 Å². The Morgan fingerprint density at radius 3 is 2.86 bits per heavy atom. The van der Waals surface area contributed by atoms with Crippen molar-refractivity contribution in [2.45, 2.75) is 6.92 Å². The largest absolute Gasteiger partial charge is 0.439 e. The van der Waals surface area contributed by atoms with E-state index in [0.29, 0.717) is 48.2 Å². The van der Waals surface area contributed by atoms with Crippen molar-refractivity contribution >= 4 is 39.1 Å². The average Bonchev–Trinajstić information content (AvgIpc) is 3.14. The highest BCUT2D eigenvalue weighted by Crippen LogP contribution is 2.35. The fraction of sp³-hybridized carbons (Fsp3) is 0.238. The number of allylic oxidation sites excluding steroid dienone is 1. The van der Waals surface area contributed by atoms with Crippen molar-refractivity contribution in [3.05, 3.63) is 58.1 Å². The molecule has 1 aromatic carbocycles. The Morgan fingerprint density at radius 1 is 1.25 bits per heavy atom. The number of ether oxygens (including phenoxy) is 1. The number of rotatable bonds is 4. The third-order valence-electron chi connectivity index (χ3n) is 4.51. The average molecular weight is 396 g/mol. The number of fused-ring (bicyclic) bond motifs is 1. The molecule has 0 aliphatic carbocycles. The molecule has 3 heterocycles. The first kappa shape index (κ1) is 18.5. The second kappa shape index (κ2) is 8.00. The van der Waals surface area contributed by atoms with E-state index in [1.165, 1.54) is 17.4 Å². The summed E-state index contributed by atoms with van der Waals surface area (Å²) in [5.74, 6) is 0.383. The lowest BCUT2D eigenvalue weighted by Gasteiger charge is -2.27. The molecule has 4 rings (SSSR count). The normalized spacial score (nSPS) is 14.7. The molecule has 144 valence electrons. The fourth-order valence-electron chi connectivity index (χ4n) is 3.17. The van der Waals surface area contributed by atoms with Crippen molar-refractivity contribution < 1.29 is 13.9 Å². The number of morpholine rings is 1. The number of carbonyl (C=O) groups is 1. The molecular weight excluding hydrogens is 376 g/mol. The van der Waals surface area contributed by atoms with Gasteiger partial charge in [0.15, 0.2) is 11.5 Å². The Labute approximate surface area is 166 Å². The highest BCUT2D eigenvalue weighted by Gasteiger charge is 2.18. The molecule has 1 aliphatic rings. The van der Waals surface area contributed by atoms with E-state index >= 15 is 0 Å². The van der Waals surface area contributed by atoms with Gasteiger partial charge in [0, 0.05) is 35.8 Å². The molecule has 3 aromatic rings. The molecule has 0 atom stereocenters. The Balaban J connectivity index is 1.74. The number of hydrogen-bond acceptors (Lipinski definition) is 6. The number of carbonyl (C=O) groups excluding carboxylic acids is 1. The van der Waals surface area contributed by atoms with Crippen LogP contribution in [0.15, 0.2) is 57.1 Å². The summed E-state index contributed by atoms with van der Waals surface area (Å²) in [6, 6.07) is 9.07. The summed E-state index contributed by atoms with van der Waals surface area (Å²) in [5, 5.41) is 4.75. The molecule has 1 N–H and O–H groups in total. The van der Waals surface area contributed by atoms with Gasteiger partial charge >= 0.3 is 0 Å². The Kier molecular flexibility index (Phi) is 5.27. The number of nitrogens with one attached hydrogen (secondary N) is 1. The number of thiophene rings is 1. The predicted molar refractivity (Wildman–Crippen MR) is 112 cm³/mol. The summed E-state index contributed by atoms with van der Waals surface area (Å²) in [5.41, 5.74) is 2.94. The van der Waals surface area contributed by atoms with Gasteiger partial charge in [0.25, 0.3) is 0 Å². The SMILES string of the molecule is C/C=C/C(=O)Nc1cccc(-c2csc3c(=O)cc(N4CCOCC4)oc23)c1. The van der Waals surface area contributed by atoms with E-state index in [1.807, 2.05) is 34.5 Å². The first-order chi connectivity index (χ1) is 13.7. The molecule has 1 amide bonds. The van der Waals surface area contributed by atoms with Crippen LogP contribution in [0.1, 0.15) is 6.92 Å². The summed E-state index contributed by atoms with van der Waals surface area (Å²) in [4.78, 5) is 26.4. The molecule has 6 nitrogen and oxygen atoms in total. The highest BCUT2D eigenvalue weighted by atomic mass is 32.1. The fourth-order valence-corrected chi connectivity index (χ4v) is 4.08. The van der Waals surface area contributed by atoms with E-state index in [0.717, 1.165) is 11.1 Å². The van der Waals surface area contributed by atoms with Crippen LogP contribution in [-0.2, 0) is 9.53 Å². The Hall–Kier alpha value is -2.90. The van der Waals surface area contributed by atoms with Gasteiger partial charge in [-0.3, -0.25) is 9.59 Å². The van der Waals surface area contributed by atoms with Gasteiger partial charge in [-0.25, -0.2) is 0 Å². The van der Waals surface area contributed by atoms with Crippen molar-refractivity contribution in [3.63, 3.8) is 0 Å². The van der Waals surface area contributed by atoms with E-state index in [-0.39, 0.29) is 11.3 Å². The van der Waals surface area contributed by atoms with Crippen LogP contribution in [0.25, 0.3) is 21.4 Å². The molecule has 0 radical (unpaired) electrons. The molecule has 0 unspecified atom stereocenters. The van der Waals surface area contributed by atoms with E-state index in [1.54, 1.807) is 19.1 Å². The lowest BCUT2D eigenvalue weighted by molar-refractivity contribution is -0.111. The van der Waals surface area contributed by atoms with Crippen molar-refractivity contribution in [1.29, 1.82) is 0 Å². The number of nitrogens with zero attached hydrogens (tertiary/aromatic N) is 1. The minimum absolute atomic E-state index is 0.0449. The minimum atomic E-state index is -0.184. The van der Waals surface area contributed by atoms with Crippen molar-refractivity contribution in [2.24, 2.45) is 0 Å². The van der Waals surface area contributed by atoms with Gasteiger partial charge in [0.1, 0.15) is 4.70 Å². The van der Waals surface area contributed by atoms with E-state index < -0.39 is 0 Å². The van der Waals surface area contributed by atoms with Gasteiger partial charge in [-0.1, -0.05) is 18.2 Å². The molecular formula is C21H20N2O4S. The van der Waals surface area contributed by atoms with E-state index in [9.17, 15) is 9.59 Å². The number of amides is 1. The topological polar surface area (TPSA) is 71.8 Å². The van der Waals surface area contributed by atoms with Crippen LogP contribution in [0, 0.1) is 0 Å². The van der Waals surface area contributed by atoms with Crippen LogP contribution in [0.2, 0.25) is 0 Å². The van der Waals surface area contributed by atoms with Crippen molar-refractivity contribution in [2.75, 3.05) is 36.5 Å². The zero-order valence-electron chi connectivity index (χ0n) is 15.4. The third kappa shape index (κ3) is 3.72. The Bertz CT molecular complexity index is 1090. The standard InChI is InChI=1S/C21H20N2O4S/c1-2-4-18(25)22-15-6-3-5-14(11-15)16-13-28-21-17(24)12-19(27-20(16)21)23-7-9-26-10-8-23/h2-6,11-13H,7-10H2,1H3,(H,22,25)/b4-2+. The number of anilines is 2. The van der Waals surface area contributed by atoms with Gasteiger partial charge in [0.05, 0.1) is 13.2 Å². The molecule has 7 heteroatoms. The van der Waals surface area contributed by atoms with Crippen LogP contribution in [0.4, 0.5) is 11.6 Å². The zero-order chi connectivity index (χ0) is 19.5. The first-order valence-corrected chi connectivity index (χ1v) is 9.96. The maximum absolute atomic E-state index is 12.6. The van der Waals surface area contributed by atoms with Gasteiger partial charge in [-0.15, -0.1) is 11.3 Å². The lowest BCUT2D eigenvalue weighted by Crippen LogP contribution is -2.36. The van der Waals surface area contributed by atoms with Crippen LogP contribution >= 0.6 is 11.3 Å². The second-order valence-electron chi connectivity index (χ2n) is 6.43. The molecule has 1 aliphatic heterocycles. The third-order valence-corrected chi connectivity index (χ3v) is 5.49. The van der Waals surface area contributed by atoms with Gasteiger partial charge in [0.2, 0.25) is 11.3 Å². The van der Waals surface area contributed by atoms with Crippen LogP contribution in [0.3, 0.4) is 0 Å². The zero-order valence-corrected chi connectivity index (χ0v) is 16.3.